The predicted octanol–water partition coefficient (Wildman–Crippen LogP) is 5.33. The number of aliphatic hydroxyl groups excluding tert-OH is 1. The van der Waals surface area contributed by atoms with Crippen LogP contribution in [0.2, 0.25) is 0 Å². The third-order valence-electron chi connectivity index (χ3n) is 4.37. The molecule has 1 rings (SSSR count). The van der Waals surface area contributed by atoms with Gasteiger partial charge in [-0.2, -0.15) is 0 Å². The van der Waals surface area contributed by atoms with E-state index in [1.165, 1.54) is 69.8 Å². The molecule has 0 bridgehead atoms. The summed E-state index contributed by atoms with van der Waals surface area (Å²) in [6.07, 6.45) is 15.2. The van der Waals surface area contributed by atoms with Crippen molar-refractivity contribution in [2.75, 3.05) is 13.2 Å². The number of carbonyl (C=O) groups is 1. The van der Waals surface area contributed by atoms with Crippen LogP contribution in [0.25, 0.3) is 0 Å². The highest BCUT2D eigenvalue weighted by Gasteiger charge is 2.04. The van der Waals surface area contributed by atoms with E-state index in [2.05, 4.69) is 6.92 Å². The summed E-state index contributed by atoms with van der Waals surface area (Å²) in [6, 6.07) is 5.77. The van der Waals surface area contributed by atoms with Crippen LogP contribution in [-0.4, -0.2) is 24.6 Å². The second-order valence-corrected chi connectivity index (χ2v) is 6.49. The second kappa shape index (κ2) is 14.0. The minimum Gasteiger partial charge on any atom is -0.490 e. The van der Waals surface area contributed by atoms with Crippen molar-refractivity contribution in [3.8, 4) is 5.75 Å². The summed E-state index contributed by atoms with van der Waals surface area (Å²) < 4.78 is 5.36. The predicted molar refractivity (Wildman–Crippen MR) is 100.0 cm³/mol. The Morgan fingerprint density at radius 3 is 2.17 bits per heavy atom. The molecule has 1 N–H and O–H groups in total. The molecule has 0 aliphatic rings. The number of aliphatic hydroxyl groups is 1. The van der Waals surface area contributed by atoms with Crippen molar-refractivity contribution in [3.63, 3.8) is 0 Å². The van der Waals surface area contributed by atoms with Gasteiger partial charge in [0.25, 0.3) is 0 Å². The molecule has 0 radical (unpaired) electrons. The van der Waals surface area contributed by atoms with Crippen LogP contribution in [0, 0.1) is 0 Å². The molecule has 0 aromatic heterocycles. The molecule has 0 fully saturated rings. The Balaban J connectivity index is 2.15. The molecule has 0 saturated heterocycles. The van der Waals surface area contributed by atoms with Gasteiger partial charge in [-0.3, -0.25) is 4.79 Å². The fourth-order valence-corrected chi connectivity index (χ4v) is 2.95. The van der Waals surface area contributed by atoms with Crippen molar-refractivity contribution >= 4 is 6.29 Å². The van der Waals surface area contributed by atoms with Crippen LogP contribution in [0.4, 0.5) is 0 Å². The lowest BCUT2D eigenvalue weighted by Gasteiger charge is -2.09. The highest BCUT2D eigenvalue weighted by atomic mass is 16.5. The topological polar surface area (TPSA) is 46.5 Å². The third-order valence-corrected chi connectivity index (χ3v) is 4.37. The first-order valence-electron chi connectivity index (χ1n) is 9.63. The van der Waals surface area contributed by atoms with E-state index in [1.54, 1.807) is 0 Å². The monoisotopic (exact) mass is 334 g/mol. The first-order valence-corrected chi connectivity index (χ1v) is 9.63. The van der Waals surface area contributed by atoms with Crippen molar-refractivity contribution < 1.29 is 14.6 Å². The molecule has 0 saturated carbocycles. The number of hydrogen-bond acceptors (Lipinski definition) is 3. The minimum absolute atomic E-state index is 0.0430. The zero-order valence-corrected chi connectivity index (χ0v) is 15.3. The van der Waals surface area contributed by atoms with Gasteiger partial charge >= 0.3 is 0 Å². The first-order chi connectivity index (χ1) is 11.8. The summed E-state index contributed by atoms with van der Waals surface area (Å²) in [4.78, 5) is 11.1. The Kier molecular flexibility index (Phi) is 12.1. The molecular weight excluding hydrogens is 300 g/mol. The average Bonchev–Trinajstić information content (AvgIpc) is 2.61. The summed E-state index contributed by atoms with van der Waals surface area (Å²) in [5, 5.41) is 8.79. The maximum absolute atomic E-state index is 11.1. The molecular formula is C21H34O3. The van der Waals surface area contributed by atoms with Gasteiger partial charge < -0.3 is 9.84 Å². The van der Waals surface area contributed by atoms with Crippen LogP contribution < -0.4 is 4.74 Å². The Morgan fingerprint density at radius 2 is 1.58 bits per heavy atom. The largest absolute Gasteiger partial charge is 0.490 e. The molecule has 0 atom stereocenters. The van der Waals surface area contributed by atoms with Gasteiger partial charge in [-0.25, -0.2) is 0 Å². The van der Waals surface area contributed by atoms with Crippen LogP contribution in [0.3, 0.4) is 0 Å². The number of aldehydes is 1. The Morgan fingerprint density at radius 1 is 0.958 bits per heavy atom. The zero-order valence-electron chi connectivity index (χ0n) is 15.3. The number of ether oxygens (including phenoxy) is 1. The van der Waals surface area contributed by atoms with Gasteiger partial charge in [0.15, 0.2) is 6.29 Å². The molecule has 0 unspecified atom stereocenters. The highest BCUT2D eigenvalue weighted by molar-refractivity contribution is 5.79. The number of benzene rings is 1. The molecule has 0 spiro atoms. The lowest BCUT2D eigenvalue weighted by Crippen LogP contribution is -2.04. The van der Waals surface area contributed by atoms with E-state index in [0.717, 1.165) is 12.7 Å². The fourth-order valence-electron chi connectivity index (χ4n) is 2.95. The molecule has 3 nitrogen and oxygen atoms in total. The minimum atomic E-state index is -0.0430. The molecule has 136 valence electrons. The molecule has 1 aromatic carbocycles. The molecule has 0 amide bonds. The SMILES string of the molecule is CCCCCCCCCCCCc1ccc(OCCO)c(C=O)c1. The van der Waals surface area contributed by atoms with Gasteiger partial charge in [-0.1, -0.05) is 70.8 Å². The maximum atomic E-state index is 11.1. The number of carbonyl (C=O) groups excluding carboxylic acids is 1. The van der Waals surface area contributed by atoms with E-state index in [-0.39, 0.29) is 13.2 Å². The number of unbranched alkanes of at least 4 members (excludes halogenated alkanes) is 9. The average molecular weight is 335 g/mol. The van der Waals surface area contributed by atoms with Crippen molar-refractivity contribution in [1.82, 2.24) is 0 Å². The summed E-state index contributed by atoms with van der Waals surface area (Å²) in [5.41, 5.74) is 1.76. The molecule has 0 aliphatic carbocycles. The second-order valence-electron chi connectivity index (χ2n) is 6.49. The summed E-state index contributed by atoms with van der Waals surface area (Å²) >= 11 is 0. The highest BCUT2D eigenvalue weighted by Crippen LogP contribution is 2.20. The number of hydrogen-bond donors (Lipinski definition) is 1. The summed E-state index contributed by atoms with van der Waals surface area (Å²) in [7, 11) is 0. The number of aryl methyl sites for hydroxylation is 1. The molecule has 0 heterocycles. The van der Waals surface area contributed by atoms with E-state index >= 15 is 0 Å². The molecule has 3 heteroatoms. The molecule has 0 aliphatic heterocycles. The van der Waals surface area contributed by atoms with E-state index < -0.39 is 0 Å². The lowest BCUT2D eigenvalue weighted by molar-refractivity contribution is 0.111. The summed E-state index contributed by atoms with van der Waals surface area (Å²) in [6.45, 7) is 2.44. The van der Waals surface area contributed by atoms with E-state index in [4.69, 9.17) is 9.84 Å². The van der Waals surface area contributed by atoms with E-state index in [0.29, 0.717) is 11.3 Å². The van der Waals surface area contributed by atoms with Crippen molar-refractivity contribution in [2.24, 2.45) is 0 Å². The van der Waals surface area contributed by atoms with Gasteiger partial charge in [0.05, 0.1) is 12.2 Å². The van der Waals surface area contributed by atoms with Crippen molar-refractivity contribution in [1.29, 1.82) is 0 Å². The fraction of sp³-hybridized carbons (Fsp3) is 0.667. The number of rotatable bonds is 15. The lowest BCUT2D eigenvalue weighted by atomic mass is 10.0. The van der Waals surface area contributed by atoms with Crippen LogP contribution in [0.1, 0.15) is 87.1 Å². The quantitative estimate of drug-likeness (QED) is 0.348. The maximum Gasteiger partial charge on any atom is 0.153 e. The van der Waals surface area contributed by atoms with Crippen LogP contribution >= 0.6 is 0 Å². The van der Waals surface area contributed by atoms with Crippen LogP contribution in [-0.2, 0) is 6.42 Å². The Labute approximate surface area is 147 Å². The van der Waals surface area contributed by atoms with Gasteiger partial charge in [0, 0.05) is 0 Å². The summed E-state index contributed by atoms with van der Waals surface area (Å²) in [5.74, 6) is 0.561. The molecule has 24 heavy (non-hydrogen) atoms. The van der Waals surface area contributed by atoms with Crippen molar-refractivity contribution in [3.05, 3.63) is 29.3 Å². The van der Waals surface area contributed by atoms with Gasteiger partial charge in [0.1, 0.15) is 12.4 Å². The standard InChI is InChI=1S/C21H34O3/c1-2-3-4-5-6-7-8-9-10-11-12-19-13-14-21(24-16-15-22)20(17-19)18-23/h13-14,17-18,22H,2-12,15-16H2,1H3. The van der Waals surface area contributed by atoms with Gasteiger partial charge in [-0.05, 0) is 30.5 Å². The Bertz CT molecular complexity index is 443. The third kappa shape index (κ3) is 9.07. The van der Waals surface area contributed by atoms with Crippen LogP contribution in [0.5, 0.6) is 5.75 Å². The van der Waals surface area contributed by atoms with E-state index in [1.807, 2.05) is 18.2 Å². The smallest absolute Gasteiger partial charge is 0.153 e. The van der Waals surface area contributed by atoms with Crippen LogP contribution in [0.15, 0.2) is 18.2 Å². The van der Waals surface area contributed by atoms with Gasteiger partial charge in [0.2, 0.25) is 0 Å². The zero-order chi connectivity index (χ0) is 17.5. The normalized spacial score (nSPS) is 10.8. The van der Waals surface area contributed by atoms with E-state index in [9.17, 15) is 4.79 Å². The first kappa shape index (κ1) is 20.7. The van der Waals surface area contributed by atoms with Crippen molar-refractivity contribution in [2.45, 2.75) is 77.6 Å². The molecule has 1 aromatic rings. The Hall–Kier alpha value is -1.35. The van der Waals surface area contributed by atoms with Gasteiger partial charge in [-0.15, -0.1) is 0 Å².